The lowest BCUT2D eigenvalue weighted by molar-refractivity contribution is -0.124. The Labute approximate surface area is 225 Å². The van der Waals surface area contributed by atoms with Gasteiger partial charge in [0.15, 0.2) is 12.2 Å². The first-order valence-electron chi connectivity index (χ1n) is 12.2. The van der Waals surface area contributed by atoms with Crippen LogP contribution in [0.5, 0.6) is 11.5 Å². The molecule has 200 valence electrons. The second-order valence-corrected chi connectivity index (χ2v) is 8.35. The molecule has 9 nitrogen and oxygen atoms in total. The van der Waals surface area contributed by atoms with Crippen molar-refractivity contribution in [2.75, 3.05) is 18.5 Å². The Hall–Kier alpha value is -4.86. The minimum absolute atomic E-state index is 0.130. The molecule has 9 heteroatoms. The number of hydrogen-bond acceptors (Lipinski definition) is 7. The molecule has 0 saturated carbocycles. The number of anilines is 1. The minimum atomic E-state index is -1.02. The summed E-state index contributed by atoms with van der Waals surface area (Å²) < 4.78 is 17.5. The van der Waals surface area contributed by atoms with E-state index in [1.165, 1.54) is 6.08 Å². The van der Waals surface area contributed by atoms with Crippen molar-refractivity contribution in [2.45, 2.75) is 12.2 Å². The lowest BCUT2D eigenvalue weighted by Crippen LogP contribution is -2.30. The second-order valence-electron chi connectivity index (χ2n) is 8.35. The Morgan fingerprint density at radius 2 is 1.56 bits per heavy atom. The molecule has 4 N–H and O–H groups in total. The van der Waals surface area contributed by atoms with Crippen molar-refractivity contribution in [2.24, 2.45) is 0 Å². The fourth-order valence-corrected chi connectivity index (χ4v) is 3.91. The van der Waals surface area contributed by atoms with Crippen LogP contribution in [0.2, 0.25) is 0 Å². The number of benzene rings is 4. The molecule has 0 radical (unpaired) electrons. The summed E-state index contributed by atoms with van der Waals surface area (Å²) in [4.78, 5) is 25.0. The molecule has 0 heterocycles. The van der Waals surface area contributed by atoms with E-state index in [1.54, 1.807) is 60.1 Å². The van der Waals surface area contributed by atoms with Gasteiger partial charge in [0.1, 0.15) is 18.1 Å². The maximum atomic E-state index is 13.2. The number of aliphatic hydroxyl groups is 1. The third-order valence-electron chi connectivity index (χ3n) is 5.69. The van der Waals surface area contributed by atoms with Gasteiger partial charge in [-0.25, -0.2) is 10.3 Å². The molecule has 2 amide bonds. The predicted molar refractivity (Wildman–Crippen MR) is 146 cm³/mol. The number of carbonyl (C=O) groups excluding carboxylic acids is 2. The van der Waals surface area contributed by atoms with Crippen LogP contribution in [-0.2, 0) is 9.53 Å². The zero-order valence-corrected chi connectivity index (χ0v) is 20.9. The number of carbonyl (C=O) groups is 2. The van der Waals surface area contributed by atoms with Crippen molar-refractivity contribution >= 4 is 28.5 Å². The normalized spacial score (nSPS) is 12.5. The number of hydrogen-bond donors (Lipinski definition) is 4. The van der Waals surface area contributed by atoms with Crippen molar-refractivity contribution in [3.8, 4) is 11.5 Å². The molecular weight excluding hydrogens is 500 g/mol. The highest BCUT2D eigenvalue weighted by Gasteiger charge is 2.28. The van der Waals surface area contributed by atoms with E-state index in [4.69, 9.17) is 24.5 Å². The minimum Gasteiger partial charge on any atom is -0.491 e. The van der Waals surface area contributed by atoms with Crippen molar-refractivity contribution < 1.29 is 34.1 Å². The lowest BCUT2D eigenvalue weighted by atomic mass is 10.0. The maximum Gasteiger partial charge on any atom is 0.412 e. The standard InChI is InChI=1S/C30H28N2O7/c33-19-20-37-23-15-13-22(14-16-23)29(27(17-18-28(34)32-36)38-24-9-2-1-3-10-24)39-30(35)31-26-12-6-8-21-7-4-5-11-25(21)26/h1-18,27,29,33,36H,19-20H2,(H,31,35)(H,32,34)/b18-17+/t27-,29-/m0/s1. The second kappa shape index (κ2) is 13.6. The first-order chi connectivity index (χ1) is 19.1. The summed E-state index contributed by atoms with van der Waals surface area (Å²) in [7, 11) is 0. The van der Waals surface area contributed by atoms with Gasteiger partial charge < -0.3 is 19.3 Å². The fourth-order valence-electron chi connectivity index (χ4n) is 3.91. The summed E-state index contributed by atoms with van der Waals surface area (Å²) in [5.41, 5.74) is 2.66. The van der Waals surface area contributed by atoms with Gasteiger partial charge in [-0.05, 0) is 47.4 Å². The van der Waals surface area contributed by atoms with Crippen LogP contribution in [0.4, 0.5) is 10.5 Å². The summed E-state index contributed by atoms with van der Waals surface area (Å²) >= 11 is 0. The Balaban J connectivity index is 1.66. The monoisotopic (exact) mass is 528 g/mol. The number of aliphatic hydroxyl groups excluding tert-OH is 1. The Morgan fingerprint density at radius 1 is 0.846 bits per heavy atom. The Morgan fingerprint density at radius 3 is 2.31 bits per heavy atom. The molecule has 2 atom stereocenters. The fraction of sp³-hybridized carbons (Fsp3) is 0.133. The molecule has 0 fully saturated rings. The van der Waals surface area contributed by atoms with E-state index in [0.717, 1.165) is 16.8 Å². The quantitative estimate of drug-likeness (QED) is 0.122. The van der Waals surface area contributed by atoms with Crippen LogP contribution < -0.4 is 20.3 Å². The number of ether oxygens (including phenoxy) is 3. The molecule has 4 rings (SSSR count). The third-order valence-corrected chi connectivity index (χ3v) is 5.69. The smallest absolute Gasteiger partial charge is 0.412 e. The van der Waals surface area contributed by atoms with Crippen LogP contribution in [0.3, 0.4) is 0 Å². The van der Waals surface area contributed by atoms with Gasteiger partial charge in [0.25, 0.3) is 5.91 Å². The van der Waals surface area contributed by atoms with Gasteiger partial charge >= 0.3 is 6.09 Å². The van der Waals surface area contributed by atoms with Crippen molar-refractivity contribution in [3.63, 3.8) is 0 Å². The van der Waals surface area contributed by atoms with E-state index in [0.29, 0.717) is 22.7 Å². The highest BCUT2D eigenvalue weighted by molar-refractivity contribution is 6.00. The molecule has 0 spiro atoms. The van der Waals surface area contributed by atoms with Gasteiger partial charge in [-0.2, -0.15) is 0 Å². The van der Waals surface area contributed by atoms with E-state index >= 15 is 0 Å². The molecule has 39 heavy (non-hydrogen) atoms. The zero-order chi connectivity index (χ0) is 27.5. The summed E-state index contributed by atoms with van der Waals surface area (Å²) in [5.74, 6) is 0.216. The molecule has 0 unspecified atom stereocenters. The van der Waals surface area contributed by atoms with E-state index in [9.17, 15) is 9.59 Å². The van der Waals surface area contributed by atoms with Crippen LogP contribution in [0, 0.1) is 0 Å². The predicted octanol–water partition coefficient (Wildman–Crippen LogP) is 5.01. The molecule has 4 aromatic carbocycles. The van der Waals surface area contributed by atoms with Gasteiger partial charge in [0, 0.05) is 11.5 Å². The molecule has 0 aliphatic heterocycles. The number of nitrogens with one attached hydrogen (secondary N) is 2. The average molecular weight is 529 g/mol. The van der Waals surface area contributed by atoms with Crippen LogP contribution in [0.15, 0.2) is 109 Å². The largest absolute Gasteiger partial charge is 0.491 e. The number of para-hydroxylation sites is 1. The number of rotatable bonds is 11. The summed E-state index contributed by atoms with van der Waals surface area (Å²) in [6.45, 7) is -0.00199. The molecule has 0 aliphatic carbocycles. The molecule has 0 saturated heterocycles. The average Bonchev–Trinajstić information content (AvgIpc) is 2.98. The van der Waals surface area contributed by atoms with Crippen molar-refractivity contribution in [1.29, 1.82) is 0 Å². The SMILES string of the molecule is O=C(/C=C/[C@H](Oc1ccccc1)[C@@H](OC(=O)Nc1cccc2ccccc12)c1ccc(OCCO)cc1)NO. The van der Waals surface area contributed by atoms with Gasteiger partial charge in [0.05, 0.1) is 12.3 Å². The first kappa shape index (κ1) is 27.2. The van der Waals surface area contributed by atoms with Gasteiger partial charge in [-0.3, -0.25) is 15.3 Å². The summed E-state index contributed by atoms with van der Waals surface area (Å²) in [5, 5.41) is 22.6. The van der Waals surface area contributed by atoms with E-state index in [1.807, 2.05) is 42.5 Å². The highest BCUT2D eigenvalue weighted by atomic mass is 16.6. The van der Waals surface area contributed by atoms with Gasteiger partial charge in [-0.1, -0.05) is 66.7 Å². The topological polar surface area (TPSA) is 126 Å². The zero-order valence-electron chi connectivity index (χ0n) is 20.9. The Bertz CT molecular complexity index is 1400. The molecule has 0 bridgehead atoms. The lowest BCUT2D eigenvalue weighted by Gasteiger charge is -2.26. The molecule has 4 aromatic rings. The molecule has 0 aromatic heterocycles. The van der Waals surface area contributed by atoms with Crippen molar-refractivity contribution in [3.05, 3.63) is 115 Å². The first-order valence-corrected chi connectivity index (χ1v) is 12.2. The summed E-state index contributed by atoms with van der Waals surface area (Å²) in [6, 6.07) is 28.8. The van der Waals surface area contributed by atoms with E-state index in [2.05, 4.69) is 5.32 Å². The van der Waals surface area contributed by atoms with Gasteiger partial charge in [0.2, 0.25) is 0 Å². The highest BCUT2D eigenvalue weighted by Crippen LogP contribution is 2.30. The third kappa shape index (κ3) is 7.57. The van der Waals surface area contributed by atoms with Crippen LogP contribution in [-0.4, -0.2) is 41.6 Å². The van der Waals surface area contributed by atoms with Crippen LogP contribution in [0.1, 0.15) is 11.7 Å². The van der Waals surface area contributed by atoms with Crippen molar-refractivity contribution in [1.82, 2.24) is 5.48 Å². The van der Waals surface area contributed by atoms with E-state index < -0.39 is 24.2 Å². The summed E-state index contributed by atoms with van der Waals surface area (Å²) in [6.07, 6.45) is -0.240. The van der Waals surface area contributed by atoms with E-state index in [-0.39, 0.29) is 13.2 Å². The Kier molecular flexibility index (Phi) is 9.49. The molecular formula is C30H28N2O7. The van der Waals surface area contributed by atoms with Crippen LogP contribution >= 0.6 is 0 Å². The number of hydroxylamine groups is 1. The maximum absolute atomic E-state index is 13.2. The van der Waals surface area contributed by atoms with Crippen LogP contribution in [0.25, 0.3) is 10.8 Å². The van der Waals surface area contributed by atoms with Gasteiger partial charge in [-0.15, -0.1) is 0 Å². The molecule has 0 aliphatic rings. The number of amides is 2. The number of fused-ring (bicyclic) bond motifs is 1.